The van der Waals surface area contributed by atoms with E-state index in [2.05, 4.69) is 52.9 Å². The van der Waals surface area contributed by atoms with Crippen molar-refractivity contribution in [3.63, 3.8) is 0 Å². The number of anilines is 1. The van der Waals surface area contributed by atoms with E-state index in [0.29, 0.717) is 18.4 Å². The number of aromatic nitrogens is 2. The molecule has 148 valence electrons. The zero-order valence-electron chi connectivity index (χ0n) is 17.6. The van der Waals surface area contributed by atoms with Gasteiger partial charge in [-0.2, -0.15) is 5.10 Å². The molecular weight excluding hydrogens is 338 g/mol. The molecule has 1 atom stereocenters. The number of para-hydroxylation sites is 1. The minimum atomic E-state index is -0.426. The van der Waals surface area contributed by atoms with Crippen LogP contribution in [0.1, 0.15) is 70.3 Å². The van der Waals surface area contributed by atoms with Crippen LogP contribution in [0.3, 0.4) is 0 Å². The molecule has 5 nitrogen and oxygen atoms in total. The van der Waals surface area contributed by atoms with Gasteiger partial charge < -0.3 is 4.74 Å². The lowest BCUT2D eigenvalue weighted by Gasteiger charge is -2.23. The lowest BCUT2D eigenvalue weighted by molar-refractivity contribution is 0.0672. The van der Waals surface area contributed by atoms with Crippen LogP contribution in [0.15, 0.2) is 30.3 Å². The summed E-state index contributed by atoms with van der Waals surface area (Å²) in [6, 6.07) is 9.84. The van der Waals surface area contributed by atoms with Crippen LogP contribution in [0.25, 0.3) is 0 Å². The van der Waals surface area contributed by atoms with Gasteiger partial charge in [0.25, 0.3) is 0 Å². The minimum Gasteiger partial charge on any atom is -0.444 e. The second-order valence-electron chi connectivity index (χ2n) is 8.11. The number of hydrogen-bond acceptors (Lipinski definition) is 3. The van der Waals surface area contributed by atoms with Gasteiger partial charge in [0.2, 0.25) is 0 Å². The topological polar surface area (TPSA) is 56.1 Å². The number of carbonyl (C=O) groups is 1. The van der Waals surface area contributed by atoms with Gasteiger partial charge in [0.15, 0.2) is 0 Å². The lowest BCUT2D eigenvalue weighted by atomic mass is 10.1. The Labute approximate surface area is 163 Å². The number of ether oxygens (including phenoxy) is 1. The highest BCUT2D eigenvalue weighted by Gasteiger charge is 2.23. The summed E-state index contributed by atoms with van der Waals surface area (Å²) in [5, 5.41) is 7.61. The molecule has 0 aliphatic carbocycles. The standard InChI is InChI=1S/C22H33N3O2/c1-14(2)19-12-20(15(3)4)25(24-19)13-21(16(5)6)27-22(26)23-18-11-9-8-10-17(18)7/h8-12,14-16,21H,13H2,1-7H3,(H,23,26)/t21-/m0/s1. The number of rotatable bonds is 7. The molecule has 0 spiro atoms. The fourth-order valence-electron chi connectivity index (χ4n) is 2.89. The first-order valence-electron chi connectivity index (χ1n) is 9.80. The van der Waals surface area contributed by atoms with E-state index >= 15 is 0 Å². The predicted octanol–water partition coefficient (Wildman–Crippen LogP) is 5.71. The SMILES string of the molecule is Cc1ccccc1NC(=O)O[C@@H](Cn1nc(C(C)C)cc1C(C)C)C(C)C. The molecule has 2 rings (SSSR count). The zero-order chi connectivity index (χ0) is 20.1. The largest absolute Gasteiger partial charge is 0.444 e. The predicted molar refractivity (Wildman–Crippen MR) is 110 cm³/mol. The Hall–Kier alpha value is -2.30. The third-order valence-electron chi connectivity index (χ3n) is 4.75. The normalized spacial score (nSPS) is 12.7. The molecule has 0 unspecified atom stereocenters. The van der Waals surface area contributed by atoms with Crippen LogP contribution in [0.4, 0.5) is 10.5 Å². The van der Waals surface area contributed by atoms with Gasteiger partial charge in [-0.05, 0) is 42.4 Å². The van der Waals surface area contributed by atoms with E-state index in [9.17, 15) is 4.79 Å². The summed E-state index contributed by atoms with van der Waals surface area (Å²) in [5.41, 5.74) is 4.03. The molecule has 1 N–H and O–H groups in total. The summed E-state index contributed by atoms with van der Waals surface area (Å²) in [7, 11) is 0. The van der Waals surface area contributed by atoms with Crippen molar-refractivity contribution in [3.8, 4) is 0 Å². The third-order valence-corrected chi connectivity index (χ3v) is 4.75. The highest BCUT2D eigenvalue weighted by Crippen LogP contribution is 2.23. The Kier molecular flexibility index (Phi) is 7.05. The van der Waals surface area contributed by atoms with Gasteiger partial charge in [-0.25, -0.2) is 4.79 Å². The van der Waals surface area contributed by atoms with E-state index in [4.69, 9.17) is 9.84 Å². The Morgan fingerprint density at radius 1 is 1.11 bits per heavy atom. The number of carbonyl (C=O) groups excluding carboxylic acids is 1. The van der Waals surface area contributed by atoms with Gasteiger partial charge in [-0.3, -0.25) is 10.00 Å². The van der Waals surface area contributed by atoms with Crippen LogP contribution in [-0.2, 0) is 11.3 Å². The highest BCUT2D eigenvalue weighted by atomic mass is 16.6. The zero-order valence-corrected chi connectivity index (χ0v) is 17.6. The molecule has 0 saturated heterocycles. The fourth-order valence-corrected chi connectivity index (χ4v) is 2.89. The van der Waals surface area contributed by atoms with Gasteiger partial charge in [0.1, 0.15) is 6.10 Å². The maximum Gasteiger partial charge on any atom is 0.411 e. The molecule has 1 aromatic heterocycles. The number of nitrogens with one attached hydrogen (secondary N) is 1. The molecule has 5 heteroatoms. The molecule has 1 aromatic carbocycles. The smallest absolute Gasteiger partial charge is 0.411 e. The molecule has 0 radical (unpaired) electrons. The Morgan fingerprint density at radius 3 is 2.33 bits per heavy atom. The van der Waals surface area contributed by atoms with Gasteiger partial charge in [0.05, 0.1) is 12.2 Å². The highest BCUT2D eigenvalue weighted by molar-refractivity contribution is 5.85. The molecule has 1 heterocycles. The number of nitrogens with zero attached hydrogens (tertiary/aromatic N) is 2. The van der Waals surface area contributed by atoms with Gasteiger partial charge in [-0.1, -0.05) is 59.7 Å². The first kappa shape index (κ1) is 21.0. The van der Waals surface area contributed by atoms with Crippen molar-refractivity contribution in [3.05, 3.63) is 47.3 Å². The van der Waals surface area contributed by atoms with E-state index in [1.54, 1.807) is 0 Å². The van der Waals surface area contributed by atoms with Gasteiger partial charge in [0, 0.05) is 11.4 Å². The van der Waals surface area contributed by atoms with Crippen molar-refractivity contribution in [2.24, 2.45) is 5.92 Å². The van der Waals surface area contributed by atoms with Crippen molar-refractivity contribution in [1.82, 2.24) is 9.78 Å². The summed E-state index contributed by atoms with van der Waals surface area (Å²) in [6.07, 6.45) is -0.684. The average molecular weight is 372 g/mol. The van der Waals surface area contributed by atoms with Crippen LogP contribution in [-0.4, -0.2) is 22.0 Å². The Morgan fingerprint density at radius 2 is 1.78 bits per heavy atom. The van der Waals surface area contributed by atoms with Crippen molar-refractivity contribution >= 4 is 11.8 Å². The summed E-state index contributed by atoms with van der Waals surface area (Å²) < 4.78 is 7.77. The second-order valence-corrected chi connectivity index (χ2v) is 8.11. The first-order valence-corrected chi connectivity index (χ1v) is 9.80. The van der Waals surface area contributed by atoms with Gasteiger partial charge >= 0.3 is 6.09 Å². The maximum atomic E-state index is 12.4. The quantitative estimate of drug-likeness (QED) is 0.678. The number of aryl methyl sites for hydroxylation is 1. The second kappa shape index (κ2) is 9.07. The molecule has 1 amide bonds. The van der Waals surface area contributed by atoms with Crippen LogP contribution >= 0.6 is 0 Å². The maximum absolute atomic E-state index is 12.4. The Bertz CT molecular complexity index is 763. The molecule has 0 saturated carbocycles. The molecular formula is C22H33N3O2. The summed E-state index contributed by atoms with van der Waals surface area (Å²) >= 11 is 0. The molecule has 0 bridgehead atoms. The molecule has 0 fully saturated rings. The van der Waals surface area contributed by atoms with E-state index in [1.165, 1.54) is 5.69 Å². The average Bonchev–Trinajstić information content (AvgIpc) is 3.01. The van der Waals surface area contributed by atoms with Crippen LogP contribution in [0, 0.1) is 12.8 Å². The molecule has 0 aliphatic rings. The van der Waals surface area contributed by atoms with Crippen LogP contribution in [0.2, 0.25) is 0 Å². The van der Waals surface area contributed by atoms with Crippen LogP contribution < -0.4 is 5.32 Å². The number of benzene rings is 1. The van der Waals surface area contributed by atoms with Crippen molar-refractivity contribution in [2.45, 2.75) is 73.0 Å². The van der Waals surface area contributed by atoms with Crippen molar-refractivity contribution in [2.75, 3.05) is 5.32 Å². The Balaban J connectivity index is 2.14. The summed E-state index contributed by atoms with van der Waals surface area (Å²) in [5.74, 6) is 0.907. The molecule has 2 aromatic rings. The van der Waals surface area contributed by atoms with Crippen molar-refractivity contribution in [1.29, 1.82) is 0 Å². The molecule has 0 aliphatic heterocycles. The number of hydrogen-bond donors (Lipinski definition) is 1. The van der Waals surface area contributed by atoms with E-state index in [1.807, 2.05) is 35.9 Å². The van der Waals surface area contributed by atoms with E-state index < -0.39 is 6.09 Å². The van der Waals surface area contributed by atoms with Gasteiger partial charge in [-0.15, -0.1) is 0 Å². The van der Waals surface area contributed by atoms with E-state index in [-0.39, 0.29) is 12.0 Å². The first-order chi connectivity index (χ1) is 12.7. The number of amides is 1. The van der Waals surface area contributed by atoms with Crippen molar-refractivity contribution < 1.29 is 9.53 Å². The fraction of sp³-hybridized carbons (Fsp3) is 0.545. The summed E-state index contributed by atoms with van der Waals surface area (Å²) in [4.78, 5) is 12.4. The van der Waals surface area contributed by atoms with Crippen LogP contribution in [0.5, 0.6) is 0 Å². The summed E-state index contributed by atoms with van der Waals surface area (Å²) in [6.45, 7) is 15.2. The minimum absolute atomic E-state index is 0.180. The molecule has 27 heavy (non-hydrogen) atoms. The lowest BCUT2D eigenvalue weighted by Crippen LogP contribution is -2.32. The monoisotopic (exact) mass is 371 g/mol. The third kappa shape index (κ3) is 5.59. The van der Waals surface area contributed by atoms with E-state index in [0.717, 1.165) is 16.9 Å².